The van der Waals surface area contributed by atoms with E-state index in [1.165, 1.54) is 13.2 Å². The highest BCUT2D eigenvalue weighted by molar-refractivity contribution is 5.95. The normalized spacial score (nSPS) is 12.0. The highest BCUT2D eigenvalue weighted by Gasteiger charge is 2.31. The third-order valence-corrected chi connectivity index (χ3v) is 4.45. The fourth-order valence-corrected chi connectivity index (χ4v) is 2.86. The maximum atomic E-state index is 12.6. The Hall–Kier alpha value is -3.75. The maximum absolute atomic E-state index is 12.6. The predicted molar refractivity (Wildman–Crippen MR) is 111 cm³/mol. The van der Waals surface area contributed by atoms with Gasteiger partial charge < -0.3 is 19.5 Å². The fourth-order valence-electron chi connectivity index (χ4n) is 2.86. The van der Waals surface area contributed by atoms with Gasteiger partial charge in [-0.15, -0.1) is 13.2 Å². The van der Waals surface area contributed by atoms with Crippen LogP contribution in [0.4, 0.5) is 13.2 Å². The Balaban J connectivity index is 1.64. The number of amides is 1. The van der Waals surface area contributed by atoms with Gasteiger partial charge in [0.05, 0.1) is 25.0 Å². The molecule has 0 bridgehead atoms. The summed E-state index contributed by atoms with van der Waals surface area (Å²) in [5.41, 5.74) is 1.70. The number of hydrogen-bond acceptors (Lipinski definition) is 5. The van der Waals surface area contributed by atoms with Crippen LogP contribution in [0.5, 0.6) is 17.2 Å². The quantitative estimate of drug-likeness (QED) is 0.524. The zero-order valence-corrected chi connectivity index (χ0v) is 17.3. The van der Waals surface area contributed by atoms with Crippen LogP contribution in [-0.2, 0) is 6.61 Å². The van der Waals surface area contributed by atoms with Crippen molar-refractivity contribution >= 4 is 5.91 Å². The van der Waals surface area contributed by atoms with Gasteiger partial charge in [-0.25, -0.2) is 0 Å². The molecule has 1 unspecified atom stereocenters. The van der Waals surface area contributed by atoms with Gasteiger partial charge in [-0.1, -0.05) is 30.3 Å². The van der Waals surface area contributed by atoms with Gasteiger partial charge in [-0.2, -0.15) is 0 Å². The maximum Gasteiger partial charge on any atom is 0.573 e. The molecule has 1 heterocycles. The molecule has 0 spiro atoms. The van der Waals surface area contributed by atoms with Crippen molar-refractivity contribution in [3.63, 3.8) is 0 Å². The van der Waals surface area contributed by atoms with Crippen LogP contribution in [0.25, 0.3) is 0 Å². The molecular weight excluding hydrogens is 425 g/mol. The van der Waals surface area contributed by atoms with Crippen LogP contribution < -0.4 is 19.5 Å². The van der Waals surface area contributed by atoms with Crippen molar-refractivity contribution in [3.05, 3.63) is 83.7 Å². The van der Waals surface area contributed by atoms with Crippen LogP contribution in [0.15, 0.2) is 66.9 Å². The summed E-state index contributed by atoms with van der Waals surface area (Å²) in [6, 6.07) is 16.3. The van der Waals surface area contributed by atoms with E-state index >= 15 is 0 Å². The number of carbonyl (C=O) groups excluding carboxylic acids is 1. The van der Waals surface area contributed by atoms with Crippen molar-refractivity contribution in [2.75, 3.05) is 7.11 Å². The second-order valence-corrected chi connectivity index (χ2v) is 6.80. The molecule has 168 valence electrons. The van der Waals surface area contributed by atoms with Gasteiger partial charge in [-0.3, -0.25) is 9.78 Å². The molecule has 1 atom stereocenters. The molecule has 0 aliphatic rings. The lowest BCUT2D eigenvalue weighted by molar-refractivity contribution is -0.274. The number of aromatic nitrogens is 1. The molecule has 2 aromatic carbocycles. The average Bonchev–Trinajstić information content (AvgIpc) is 2.77. The minimum Gasteiger partial charge on any atom is -0.493 e. The zero-order valence-electron chi connectivity index (χ0n) is 17.3. The number of carbonyl (C=O) groups is 1. The van der Waals surface area contributed by atoms with E-state index in [2.05, 4.69) is 15.0 Å². The Kier molecular flexibility index (Phi) is 7.19. The van der Waals surface area contributed by atoms with Gasteiger partial charge in [0, 0.05) is 5.56 Å². The van der Waals surface area contributed by atoms with Crippen LogP contribution in [0, 0.1) is 0 Å². The molecule has 3 rings (SSSR count). The molecule has 6 nitrogen and oxygen atoms in total. The lowest BCUT2D eigenvalue weighted by Gasteiger charge is -2.16. The minimum absolute atomic E-state index is 0.331. The smallest absolute Gasteiger partial charge is 0.493 e. The van der Waals surface area contributed by atoms with Gasteiger partial charge in [0.15, 0.2) is 11.5 Å². The van der Waals surface area contributed by atoms with E-state index in [0.717, 1.165) is 17.8 Å². The second-order valence-electron chi connectivity index (χ2n) is 6.80. The summed E-state index contributed by atoms with van der Waals surface area (Å²) < 4.78 is 51.7. The van der Waals surface area contributed by atoms with Crippen molar-refractivity contribution in [1.29, 1.82) is 0 Å². The van der Waals surface area contributed by atoms with Crippen molar-refractivity contribution in [2.24, 2.45) is 0 Å². The van der Waals surface area contributed by atoms with Crippen molar-refractivity contribution in [1.82, 2.24) is 10.3 Å². The van der Waals surface area contributed by atoms with E-state index in [9.17, 15) is 18.0 Å². The molecule has 0 fully saturated rings. The number of nitrogens with zero attached hydrogens (tertiary/aromatic N) is 1. The Morgan fingerprint density at radius 1 is 1.06 bits per heavy atom. The monoisotopic (exact) mass is 446 g/mol. The lowest BCUT2D eigenvalue weighted by Crippen LogP contribution is -2.27. The van der Waals surface area contributed by atoms with Crippen LogP contribution in [0.3, 0.4) is 0 Å². The van der Waals surface area contributed by atoms with E-state index in [-0.39, 0.29) is 0 Å². The molecule has 0 aliphatic heterocycles. The molecule has 1 aromatic heterocycles. The Labute approximate surface area is 183 Å². The van der Waals surface area contributed by atoms with E-state index in [1.54, 1.807) is 25.1 Å². The number of methoxy groups -OCH3 is 1. The average molecular weight is 446 g/mol. The van der Waals surface area contributed by atoms with E-state index < -0.39 is 24.1 Å². The molecule has 0 radical (unpaired) electrons. The minimum atomic E-state index is -4.79. The van der Waals surface area contributed by atoms with Crippen LogP contribution in [0.2, 0.25) is 0 Å². The summed E-state index contributed by atoms with van der Waals surface area (Å²) in [7, 11) is 1.48. The van der Waals surface area contributed by atoms with Crippen molar-refractivity contribution in [2.45, 2.75) is 25.9 Å². The first-order valence-electron chi connectivity index (χ1n) is 9.62. The van der Waals surface area contributed by atoms with Crippen molar-refractivity contribution in [3.8, 4) is 17.2 Å². The van der Waals surface area contributed by atoms with E-state index in [1.807, 2.05) is 30.3 Å². The third kappa shape index (κ3) is 6.37. The zero-order chi connectivity index (χ0) is 23.1. The summed E-state index contributed by atoms with van der Waals surface area (Å²) >= 11 is 0. The van der Waals surface area contributed by atoms with Gasteiger partial charge in [0.25, 0.3) is 5.91 Å². The molecule has 1 N–H and O–H groups in total. The van der Waals surface area contributed by atoms with Gasteiger partial charge in [-0.05, 0) is 42.8 Å². The van der Waals surface area contributed by atoms with Gasteiger partial charge in [0.1, 0.15) is 12.4 Å². The standard InChI is InChI=1S/C23H21F3N2O4/c1-15(19-10-9-18(13-27-19)32-23(24,25)26)28-22(29)17-8-11-20(21(12-17)30-2)31-14-16-6-4-3-5-7-16/h3-13,15H,14H2,1-2H3,(H,28,29). The number of nitrogens with one attached hydrogen (secondary N) is 1. The SMILES string of the molecule is COc1cc(C(=O)NC(C)c2ccc(OC(F)(F)F)cn2)ccc1OCc1ccccc1. The first-order chi connectivity index (χ1) is 15.2. The van der Waals surface area contributed by atoms with Crippen LogP contribution in [0.1, 0.15) is 34.6 Å². The summed E-state index contributed by atoms with van der Waals surface area (Å²) in [6.07, 6.45) is -3.84. The highest BCUT2D eigenvalue weighted by atomic mass is 19.4. The molecule has 3 aromatic rings. The second kappa shape index (κ2) is 10.0. The molecule has 1 amide bonds. The largest absolute Gasteiger partial charge is 0.573 e. The van der Waals surface area contributed by atoms with Crippen LogP contribution in [-0.4, -0.2) is 24.4 Å². The molecular formula is C23H21F3N2O4. The Morgan fingerprint density at radius 2 is 1.81 bits per heavy atom. The fraction of sp³-hybridized carbons (Fsp3) is 0.217. The summed E-state index contributed by atoms with van der Waals surface area (Å²) in [5, 5.41) is 2.75. The van der Waals surface area contributed by atoms with E-state index in [4.69, 9.17) is 9.47 Å². The lowest BCUT2D eigenvalue weighted by atomic mass is 10.1. The number of benzene rings is 2. The molecule has 32 heavy (non-hydrogen) atoms. The number of hydrogen-bond donors (Lipinski definition) is 1. The van der Waals surface area contributed by atoms with Gasteiger partial charge in [0.2, 0.25) is 0 Å². The third-order valence-electron chi connectivity index (χ3n) is 4.45. The molecule has 0 saturated heterocycles. The number of alkyl halides is 3. The van der Waals surface area contributed by atoms with Crippen LogP contribution >= 0.6 is 0 Å². The number of halogens is 3. The topological polar surface area (TPSA) is 69.7 Å². The Bertz CT molecular complexity index is 1040. The van der Waals surface area contributed by atoms with Gasteiger partial charge >= 0.3 is 6.36 Å². The first kappa shape index (κ1) is 22.9. The highest BCUT2D eigenvalue weighted by Crippen LogP contribution is 2.29. The van der Waals surface area contributed by atoms with E-state index in [0.29, 0.717) is 29.4 Å². The number of ether oxygens (including phenoxy) is 3. The summed E-state index contributed by atoms with van der Waals surface area (Å²) in [5.74, 6) is 0.0503. The first-order valence-corrected chi connectivity index (χ1v) is 9.62. The summed E-state index contributed by atoms with van der Waals surface area (Å²) in [6.45, 7) is 2.01. The molecule has 0 saturated carbocycles. The summed E-state index contributed by atoms with van der Waals surface area (Å²) in [4.78, 5) is 16.6. The molecule has 0 aliphatic carbocycles. The predicted octanol–water partition coefficient (Wildman–Crippen LogP) is 5.06. The number of rotatable bonds is 8. The number of pyridine rings is 1. The Morgan fingerprint density at radius 3 is 2.44 bits per heavy atom. The molecule has 9 heteroatoms. The van der Waals surface area contributed by atoms with Crippen molar-refractivity contribution < 1.29 is 32.2 Å².